The molecule has 1 rings (SSSR count). The molecule has 1 aliphatic heterocycles. The number of hydrogen-bond donors (Lipinski definition) is 0. The topological polar surface area (TPSA) is 17.3 Å². The maximum Gasteiger partial charge on any atom is 0 e. The summed E-state index contributed by atoms with van der Waals surface area (Å²) in [6, 6.07) is 0. The van der Waals surface area contributed by atoms with Crippen molar-refractivity contribution >= 4 is 0 Å². The molecule has 9 heavy (non-hydrogen) atoms. The van der Waals surface area contributed by atoms with E-state index < -0.39 is 0 Å². The zero-order valence-electron chi connectivity index (χ0n) is 6.01. The average Bonchev–Trinajstić information content (AvgIpc) is 1.94. The molecule has 2 nitrogen and oxygen atoms in total. The second kappa shape index (κ2) is 6.10. The van der Waals surface area contributed by atoms with Crippen LogP contribution in [0.25, 0.3) is 5.32 Å². The van der Waals surface area contributed by atoms with Gasteiger partial charge in [-0.15, -0.1) is 13.1 Å². The van der Waals surface area contributed by atoms with Gasteiger partial charge in [-0.25, -0.2) is 0 Å². The van der Waals surface area contributed by atoms with E-state index in [0.29, 0.717) is 0 Å². The fraction of sp³-hybridized carbons (Fsp3) is 1.00. The molecule has 0 amide bonds. The van der Waals surface area contributed by atoms with Crippen molar-refractivity contribution in [3.05, 3.63) is 5.32 Å². The van der Waals surface area contributed by atoms with E-state index in [0.717, 1.165) is 19.6 Å². The fourth-order valence-corrected chi connectivity index (χ4v) is 0.917. The fourth-order valence-electron chi connectivity index (χ4n) is 0.917. The van der Waals surface area contributed by atoms with Gasteiger partial charge in [0, 0.05) is 44.1 Å². The van der Waals surface area contributed by atoms with Crippen LogP contribution in [0.5, 0.6) is 0 Å². The minimum Gasteiger partial charge on any atom is -0.661 e. The molecule has 1 heterocycles. The number of rotatable bonds is 0. The normalized spacial score (nSPS) is 22.3. The van der Waals surface area contributed by atoms with Gasteiger partial charge in [-0.05, 0) is 20.1 Å². The molecular formula is C6H13AcN2-. The van der Waals surface area contributed by atoms with E-state index in [-0.39, 0.29) is 44.1 Å². The Hall–Kier alpha value is 1.36. The van der Waals surface area contributed by atoms with Crippen LogP contribution in [0.15, 0.2) is 0 Å². The number of nitrogens with zero attached hydrogens (tertiary/aromatic N) is 2. The van der Waals surface area contributed by atoms with Crippen molar-refractivity contribution in [1.29, 1.82) is 0 Å². The van der Waals surface area contributed by atoms with E-state index in [9.17, 15) is 0 Å². The van der Waals surface area contributed by atoms with Crippen molar-refractivity contribution in [3.63, 3.8) is 0 Å². The van der Waals surface area contributed by atoms with Crippen molar-refractivity contribution in [3.8, 4) is 0 Å². The third kappa shape index (κ3) is 4.73. The van der Waals surface area contributed by atoms with Crippen molar-refractivity contribution in [2.24, 2.45) is 0 Å². The second-order valence-corrected chi connectivity index (χ2v) is 2.33. The first-order chi connectivity index (χ1) is 3.89. The molecule has 0 aromatic heterocycles. The predicted octanol–water partition coefficient (Wildman–Crippen LogP) is 0.696. The molecule has 0 saturated carbocycles. The smallest absolute Gasteiger partial charge is 0 e. The monoisotopic (exact) mass is 340 g/mol. The molecular weight excluding hydrogens is 327 g/mol. The molecule has 0 aromatic carbocycles. The molecule has 1 fully saturated rings. The van der Waals surface area contributed by atoms with Gasteiger partial charge in [0.15, 0.2) is 0 Å². The summed E-state index contributed by atoms with van der Waals surface area (Å²) in [6.45, 7) is 4.49. The molecule has 0 aliphatic carbocycles. The zero-order chi connectivity index (χ0) is 5.82. The second-order valence-electron chi connectivity index (χ2n) is 2.33. The average molecular weight is 340 g/mol. The Labute approximate surface area is 92.9 Å². The van der Waals surface area contributed by atoms with Gasteiger partial charge >= 0.3 is 0 Å². The summed E-state index contributed by atoms with van der Waals surface area (Å²) in [4.78, 5) is 2.33. The summed E-state index contributed by atoms with van der Waals surface area (Å²) >= 11 is 0. The number of likely N-dealkylation sites (N-methyl/N-ethyl adjacent to an activating group) is 1. The molecule has 3 heteroatoms. The van der Waals surface area contributed by atoms with Gasteiger partial charge in [-0.3, -0.25) is 0 Å². The maximum absolute atomic E-state index is 4.28. The van der Waals surface area contributed by atoms with E-state index in [1.165, 1.54) is 13.0 Å². The standard InChI is InChI=1S/C6H13N2.Ac/c1-8-5-2-3-7-4-6-8;/h2-6H2,1H3;/q-1;. The van der Waals surface area contributed by atoms with E-state index in [1.54, 1.807) is 0 Å². The minimum atomic E-state index is 0. The third-order valence-corrected chi connectivity index (χ3v) is 1.50. The Morgan fingerprint density at radius 1 is 1.22 bits per heavy atom. The molecule has 1 aliphatic rings. The third-order valence-electron chi connectivity index (χ3n) is 1.50. The van der Waals surface area contributed by atoms with E-state index >= 15 is 0 Å². The summed E-state index contributed by atoms with van der Waals surface area (Å²) in [5.74, 6) is 0. The summed E-state index contributed by atoms with van der Waals surface area (Å²) in [5.41, 5.74) is 0. The Morgan fingerprint density at radius 2 is 2.00 bits per heavy atom. The Bertz CT molecular complexity index is 60.1. The van der Waals surface area contributed by atoms with Crippen LogP contribution in [0.3, 0.4) is 0 Å². The Morgan fingerprint density at radius 3 is 2.78 bits per heavy atom. The van der Waals surface area contributed by atoms with Crippen LogP contribution in [0.4, 0.5) is 0 Å². The molecule has 1 radical (unpaired) electrons. The summed E-state index contributed by atoms with van der Waals surface area (Å²) in [7, 11) is 2.15. The quantitative estimate of drug-likeness (QED) is 0.635. The summed E-state index contributed by atoms with van der Waals surface area (Å²) in [6.07, 6.45) is 1.25. The van der Waals surface area contributed by atoms with Crippen molar-refractivity contribution in [1.82, 2.24) is 4.90 Å². The predicted molar refractivity (Wildman–Crippen MR) is 35.2 cm³/mol. The van der Waals surface area contributed by atoms with Crippen LogP contribution < -0.4 is 0 Å². The van der Waals surface area contributed by atoms with Crippen LogP contribution in [-0.4, -0.2) is 38.1 Å². The SMILES string of the molecule is CN1CCC[N-]CC1.[Ac]. The van der Waals surface area contributed by atoms with Crippen molar-refractivity contribution < 1.29 is 44.1 Å². The Kier molecular flexibility index (Phi) is 7.02. The minimum absolute atomic E-state index is 0. The molecule has 0 aromatic rings. The van der Waals surface area contributed by atoms with Crippen LogP contribution in [-0.2, 0) is 0 Å². The largest absolute Gasteiger partial charge is 0.661 e. The van der Waals surface area contributed by atoms with Crippen LogP contribution in [0.2, 0.25) is 0 Å². The van der Waals surface area contributed by atoms with Gasteiger partial charge in [-0.2, -0.15) is 0 Å². The maximum atomic E-state index is 4.28. The van der Waals surface area contributed by atoms with E-state index in [2.05, 4.69) is 17.3 Å². The molecule has 51 valence electrons. The van der Waals surface area contributed by atoms with Gasteiger partial charge in [0.25, 0.3) is 0 Å². The molecule has 0 N–H and O–H groups in total. The first-order valence-corrected chi connectivity index (χ1v) is 3.21. The summed E-state index contributed by atoms with van der Waals surface area (Å²) in [5, 5.41) is 4.28. The first kappa shape index (κ1) is 10.4. The van der Waals surface area contributed by atoms with Crippen LogP contribution >= 0.6 is 0 Å². The van der Waals surface area contributed by atoms with Crippen LogP contribution in [0.1, 0.15) is 6.42 Å². The molecule has 1 saturated heterocycles. The van der Waals surface area contributed by atoms with E-state index in [1.807, 2.05) is 0 Å². The van der Waals surface area contributed by atoms with Gasteiger partial charge in [-0.1, -0.05) is 6.42 Å². The van der Waals surface area contributed by atoms with E-state index in [4.69, 9.17) is 0 Å². The molecule has 0 unspecified atom stereocenters. The van der Waals surface area contributed by atoms with Gasteiger partial charge in [0.1, 0.15) is 0 Å². The van der Waals surface area contributed by atoms with Gasteiger partial charge in [0.2, 0.25) is 0 Å². The first-order valence-electron chi connectivity index (χ1n) is 3.21. The number of hydrogen-bond acceptors (Lipinski definition) is 1. The Balaban J connectivity index is 0.000000640. The summed E-state index contributed by atoms with van der Waals surface area (Å²) < 4.78 is 0. The zero-order valence-corrected chi connectivity index (χ0v) is 10.8. The van der Waals surface area contributed by atoms with Gasteiger partial charge < -0.3 is 10.2 Å². The van der Waals surface area contributed by atoms with Gasteiger partial charge in [0.05, 0.1) is 0 Å². The van der Waals surface area contributed by atoms with Crippen molar-refractivity contribution in [2.75, 3.05) is 33.2 Å². The van der Waals surface area contributed by atoms with Crippen LogP contribution in [0, 0.1) is 44.1 Å². The van der Waals surface area contributed by atoms with Crippen molar-refractivity contribution in [2.45, 2.75) is 6.42 Å². The molecule has 0 spiro atoms. The molecule has 0 bridgehead atoms. The molecule has 0 atom stereocenters.